The van der Waals surface area contributed by atoms with Crippen LogP contribution in [0.5, 0.6) is 0 Å². The number of sulfone groups is 1. The van der Waals surface area contributed by atoms with Crippen LogP contribution < -0.4 is 5.48 Å². The van der Waals surface area contributed by atoms with Gasteiger partial charge in [0, 0.05) is 12.6 Å². The van der Waals surface area contributed by atoms with E-state index in [1.807, 2.05) is 37.3 Å². The average molecular weight is 312 g/mol. The number of hydrogen-bond donors (Lipinski definition) is 1. The van der Waals surface area contributed by atoms with E-state index in [0.717, 1.165) is 5.56 Å². The van der Waals surface area contributed by atoms with Gasteiger partial charge in [-0.25, -0.2) is 18.7 Å². The van der Waals surface area contributed by atoms with Crippen LogP contribution in [0.2, 0.25) is 0 Å². The molecule has 2 amide bonds. The minimum absolute atomic E-state index is 0.00342. The number of benzene rings is 1. The zero-order chi connectivity index (χ0) is 15.3. The summed E-state index contributed by atoms with van der Waals surface area (Å²) in [6, 6.07) is 8.96. The third-order valence-electron chi connectivity index (χ3n) is 3.52. The Labute approximate surface area is 125 Å². The van der Waals surface area contributed by atoms with Gasteiger partial charge in [0.15, 0.2) is 9.84 Å². The Bertz CT molecular complexity index is 574. The van der Waals surface area contributed by atoms with Crippen molar-refractivity contribution in [3.63, 3.8) is 0 Å². The first-order chi connectivity index (χ1) is 9.98. The predicted octanol–water partition coefficient (Wildman–Crippen LogP) is 1.34. The van der Waals surface area contributed by atoms with Gasteiger partial charge in [-0.3, -0.25) is 4.84 Å². The second-order valence-corrected chi connectivity index (χ2v) is 7.47. The zero-order valence-corrected chi connectivity index (χ0v) is 12.8. The van der Waals surface area contributed by atoms with Crippen LogP contribution in [0, 0.1) is 0 Å². The third kappa shape index (κ3) is 4.71. The Balaban J connectivity index is 1.85. The maximum Gasteiger partial charge on any atom is 0.341 e. The smallest absolute Gasteiger partial charge is 0.319 e. The Morgan fingerprint density at radius 1 is 1.33 bits per heavy atom. The summed E-state index contributed by atoms with van der Waals surface area (Å²) in [5, 5.41) is 0. The van der Waals surface area contributed by atoms with Gasteiger partial charge in [0.2, 0.25) is 0 Å². The van der Waals surface area contributed by atoms with Gasteiger partial charge in [0.05, 0.1) is 18.1 Å². The van der Waals surface area contributed by atoms with E-state index in [4.69, 9.17) is 4.84 Å². The third-order valence-corrected chi connectivity index (χ3v) is 5.19. The summed E-state index contributed by atoms with van der Waals surface area (Å²) in [7, 11) is -3.04. The van der Waals surface area contributed by atoms with Crippen LogP contribution in [0.25, 0.3) is 0 Å². The van der Waals surface area contributed by atoms with Crippen molar-refractivity contribution in [2.24, 2.45) is 0 Å². The molecule has 2 rings (SSSR count). The van der Waals surface area contributed by atoms with Crippen LogP contribution in [0.4, 0.5) is 4.79 Å². The quantitative estimate of drug-likeness (QED) is 0.855. The highest BCUT2D eigenvalue weighted by atomic mass is 32.2. The lowest BCUT2D eigenvalue weighted by Crippen LogP contribution is -2.45. The van der Waals surface area contributed by atoms with E-state index in [1.165, 1.54) is 4.90 Å². The van der Waals surface area contributed by atoms with Crippen molar-refractivity contribution in [2.75, 3.05) is 18.1 Å². The molecule has 0 spiro atoms. The van der Waals surface area contributed by atoms with Crippen molar-refractivity contribution in [1.82, 2.24) is 10.4 Å². The van der Waals surface area contributed by atoms with Gasteiger partial charge >= 0.3 is 6.03 Å². The molecule has 1 atom stereocenters. The fourth-order valence-electron chi connectivity index (χ4n) is 2.18. The summed E-state index contributed by atoms with van der Waals surface area (Å²) >= 11 is 0. The van der Waals surface area contributed by atoms with E-state index >= 15 is 0 Å². The molecule has 6 nitrogen and oxygen atoms in total. The summed E-state index contributed by atoms with van der Waals surface area (Å²) in [5.74, 6) is 0.131. The minimum atomic E-state index is -3.04. The monoisotopic (exact) mass is 312 g/mol. The van der Waals surface area contributed by atoms with Crippen LogP contribution in [-0.2, 0) is 21.3 Å². The molecule has 1 aromatic rings. The molecule has 7 heteroatoms. The highest BCUT2D eigenvalue weighted by Gasteiger charge is 2.27. The van der Waals surface area contributed by atoms with Gasteiger partial charge in [-0.1, -0.05) is 30.3 Å². The van der Waals surface area contributed by atoms with Crippen molar-refractivity contribution < 1.29 is 18.0 Å². The number of hydrogen-bond acceptors (Lipinski definition) is 4. The number of hydroxylamine groups is 1. The van der Waals surface area contributed by atoms with Crippen molar-refractivity contribution >= 4 is 15.9 Å². The molecule has 1 saturated heterocycles. The second-order valence-electron chi connectivity index (χ2n) is 5.16. The number of carbonyl (C=O) groups excluding carboxylic acids is 1. The van der Waals surface area contributed by atoms with E-state index in [-0.39, 0.29) is 30.7 Å². The van der Waals surface area contributed by atoms with Crippen molar-refractivity contribution in [3.8, 4) is 0 Å². The molecule has 0 aromatic heterocycles. The molecule has 0 aliphatic carbocycles. The van der Waals surface area contributed by atoms with Gasteiger partial charge in [-0.15, -0.1) is 0 Å². The second kappa shape index (κ2) is 6.91. The van der Waals surface area contributed by atoms with Gasteiger partial charge in [0.1, 0.15) is 0 Å². The zero-order valence-electron chi connectivity index (χ0n) is 12.0. The van der Waals surface area contributed by atoms with E-state index in [9.17, 15) is 13.2 Å². The maximum absolute atomic E-state index is 12.1. The molecule has 0 radical (unpaired) electrons. The predicted molar refractivity (Wildman–Crippen MR) is 79.2 cm³/mol. The Morgan fingerprint density at radius 2 is 2.05 bits per heavy atom. The molecule has 1 aromatic carbocycles. The lowest BCUT2D eigenvalue weighted by Gasteiger charge is -2.26. The molecule has 0 bridgehead atoms. The molecule has 1 aliphatic rings. The van der Waals surface area contributed by atoms with E-state index < -0.39 is 15.9 Å². The van der Waals surface area contributed by atoms with Crippen LogP contribution >= 0.6 is 0 Å². The Morgan fingerprint density at radius 3 is 2.76 bits per heavy atom. The molecule has 1 fully saturated rings. The highest BCUT2D eigenvalue weighted by Crippen LogP contribution is 2.12. The first kappa shape index (κ1) is 15.8. The number of carbonyl (C=O) groups is 1. The lowest BCUT2D eigenvalue weighted by molar-refractivity contribution is 0.0333. The van der Waals surface area contributed by atoms with Crippen LogP contribution in [0.3, 0.4) is 0 Å². The molecule has 0 unspecified atom stereocenters. The molecule has 1 aliphatic heterocycles. The van der Waals surface area contributed by atoms with Crippen LogP contribution in [0.1, 0.15) is 18.9 Å². The highest BCUT2D eigenvalue weighted by molar-refractivity contribution is 7.91. The Kier molecular flexibility index (Phi) is 5.19. The number of nitrogens with zero attached hydrogens (tertiary/aromatic N) is 1. The minimum Gasteiger partial charge on any atom is -0.319 e. The standard InChI is InChI=1S/C14H20N2O4S/c1-12-7-9-21(18,19)10-8-16(12)14(17)15-20-11-13-5-3-2-4-6-13/h2-6,12H,7-11H2,1H3,(H,15,17)/t12-/m1/s1. The molecule has 21 heavy (non-hydrogen) atoms. The SMILES string of the molecule is C[C@@H]1CCS(=O)(=O)CCN1C(=O)NOCc1ccccc1. The van der Waals surface area contributed by atoms with Gasteiger partial charge in [-0.05, 0) is 18.9 Å². The first-order valence-electron chi connectivity index (χ1n) is 6.91. The molecular weight excluding hydrogens is 292 g/mol. The van der Waals surface area contributed by atoms with Gasteiger partial charge in [0.25, 0.3) is 0 Å². The fourth-order valence-corrected chi connectivity index (χ4v) is 3.56. The van der Waals surface area contributed by atoms with E-state index in [1.54, 1.807) is 0 Å². The van der Waals surface area contributed by atoms with Crippen molar-refractivity contribution in [1.29, 1.82) is 0 Å². The Hall–Kier alpha value is -1.60. The van der Waals surface area contributed by atoms with Crippen molar-refractivity contribution in [3.05, 3.63) is 35.9 Å². The first-order valence-corrected chi connectivity index (χ1v) is 8.73. The normalized spacial score (nSPS) is 21.6. The number of urea groups is 1. The summed E-state index contributed by atoms with van der Waals surface area (Å²) in [6.07, 6.45) is 0.453. The summed E-state index contributed by atoms with van der Waals surface area (Å²) < 4.78 is 23.2. The summed E-state index contributed by atoms with van der Waals surface area (Å²) in [5.41, 5.74) is 3.33. The van der Waals surface area contributed by atoms with Crippen LogP contribution in [-0.4, -0.2) is 43.4 Å². The summed E-state index contributed by atoms with van der Waals surface area (Å²) in [6.45, 7) is 2.31. The molecular formula is C14H20N2O4S. The average Bonchev–Trinajstić information content (AvgIpc) is 2.59. The van der Waals surface area contributed by atoms with Gasteiger partial charge < -0.3 is 4.90 Å². The van der Waals surface area contributed by atoms with Crippen LogP contribution in [0.15, 0.2) is 30.3 Å². The van der Waals surface area contributed by atoms with Gasteiger partial charge in [-0.2, -0.15) is 0 Å². The number of nitrogens with one attached hydrogen (secondary N) is 1. The maximum atomic E-state index is 12.1. The molecule has 116 valence electrons. The molecule has 0 saturated carbocycles. The summed E-state index contributed by atoms with van der Waals surface area (Å²) in [4.78, 5) is 18.8. The van der Waals surface area contributed by atoms with Crippen molar-refractivity contribution in [2.45, 2.75) is 26.0 Å². The number of rotatable bonds is 3. The fraction of sp³-hybridized carbons (Fsp3) is 0.500. The number of amides is 2. The van der Waals surface area contributed by atoms with E-state index in [0.29, 0.717) is 6.42 Å². The topological polar surface area (TPSA) is 75.7 Å². The molecule has 1 N–H and O–H groups in total. The lowest BCUT2D eigenvalue weighted by atomic mass is 10.2. The van der Waals surface area contributed by atoms with E-state index in [2.05, 4.69) is 5.48 Å². The largest absolute Gasteiger partial charge is 0.341 e. The molecule has 1 heterocycles.